The molecule has 1 radical (unpaired) electrons. The monoisotopic (exact) mass is 191 g/mol. The van der Waals surface area contributed by atoms with Crippen LogP contribution in [0.3, 0.4) is 0 Å². The van der Waals surface area contributed by atoms with Crippen molar-refractivity contribution in [3.05, 3.63) is 59.6 Å². The molecule has 71 valence electrons. The molecule has 2 aliphatic rings. The third kappa shape index (κ3) is 1.39. The van der Waals surface area contributed by atoms with Crippen LogP contribution in [0.2, 0.25) is 0 Å². The highest BCUT2D eigenvalue weighted by atomic mass is 14.1. The van der Waals surface area contributed by atoms with Crippen molar-refractivity contribution in [2.24, 2.45) is 5.92 Å². The Bertz CT molecular complexity index is 492. The quantitative estimate of drug-likeness (QED) is 0.552. The minimum atomic E-state index is 0.538. The SMILES string of the molecule is C[C@H]1C=CC2=C(C=C1)c1ccccc1[B]2. The zero-order chi connectivity index (χ0) is 10.3. The van der Waals surface area contributed by atoms with E-state index in [4.69, 9.17) is 0 Å². The number of hydrogen-bond donors (Lipinski definition) is 0. The normalized spacial score (nSPS) is 22.1. The summed E-state index contributed by atoms with van der Waals surface area (Å²) in [6.45, 7) is 2.21. The molecule has 0 spiro atoms. The number of benzene rings is 1. The molecule has 1 heterocycles. The molecular weight excluding hydrogens is 179 g/mol. The zero-order valence-electron chi connectivity index (χ0n) is 8.77. The zero-order valence-corrected chi connectivity index (χ0v) is 8.77. The van der Waals surface area contributed by atoms with Crippen LogP contribution in [0.25, 0.3) is 5.57 Å². The fraction of sp³-hybridized carbons (Fsp3) is 0.143. The number of fused-ring (bicyclic) bond motifs is 2. The van der Waals surface area contributed by atoms with E-state index in [1.165, 1.54) is 22.1 Å². The van der Waals surface area contributed by atoms with Crippen molar-refractivity contribution in [2.45, 2.75) is 6.92 Å². The van der Waals surface area contributed by atoms with Gasteiger partial charge in [-0.3, -0.25) is 0 Å². The molecule has 0 fully saturated rings. The van der Waals surface area contributed by atoms with Gasteiger partial charge in [-0.2, -0.15) is 0 Å². The summed E-state index contributed by atoms with van der Waals surface area (Å²) < 4.78 is 0. The maximum atomic E-state index is 2.27. The average Bonchev–Trinajstić information content (AvgIpc) is 2.51. The molecule has 0 unspecified atom stereocenters. The molecule has 0 saturated heterocycles. The van der Waals surface area contributed by atoms with Gasteiger partial charge in [0.05, 0.1) is 0 Å². The lowest BCUT2D eigenvalue weighted by Crippen LogP contribution is -2.12. The molecule has 3 rings (SSSR count). The van der Waals surface area contributed by atoms with E-state index in [0.29, 0.717) is 5.92 Å². The smallest absolute Gasteiger partial charge is 0.0784 e. The van der Waals surface area contributed by atoms with Gasteiger partial charge in [0.2, 0.25) is 0 Å². The Labute approximate surface area is 91.3 Å². The highest BCUT2D eigenvalue weighted by Crippen LogP contribution is 2.27. The molecule has 0 amide bonds. The first-order chi connectivity index (χ1) is 7.34. The summed E-state index contributed by atoms with van der Waals surface area (Å²) in [5.41, 5.74) is 5.41. The fourth-order valence-electron chi connectivity index (χ4n) is 2.16. The maximum absolute atomic E-state index is 2.27. The molecule has 1 aromatic carbocycles. The van der Waals surface area contributed by atoms with Crippen LogP contribution in [0.15, 0.2) is 54.0 Å². The van der Waals surface area contributed by atoms with Gasteiger partial charge in [-0.25, -0.2) is 0 Å². The van der Waals surface area contributed by atoms with Crippen molar-refractivity contribution in [3.8, 4) is 0 Å². The van der Waals surface area contributed by atoms with Crippen LogP contribution in [-0.4, -0.2) is 7.28 Å². The highest BCUT2D eigenvalue weighted by molar-refractivity contribution is 6.67. The van der Waals surface area contributed by atoms with Crippen LogP contribution in [0, 0.1) is 5.92 Å². The predicted octanol–water partition coefficient (Wildman–Crippen LogP) is 2.50. The highest BCUT2D eigenvalue weighted by Gasteiger charge is 2.19. The van der Waals surface area contributed by atoms with E-state index in [0.717, 1.165) is 0 Å². The summed E-state index contributed by atoms with van der Waals surface area (Å²) in [7, 11) is 2.27. The van der Waals surface area contributed by atoms with Crippen LogP contribution in [-0.2, 0) is 0 Å². The van der Waals surface area contributed by atoms with Crippen molar-refractivity contribution < 1.29 is 0 Å². The van der Waals surface area contributed by atoms with E-state index in [1.54, 1.807) is 0 Å². The first-order valence-corrected chi connectivity index (χ1v) is 5.39. The second kappa shape index (κ2) is 3.27. The first-order valence-electron chi connectivity index (χ1n) is 5.39. The van der Waals surface area contributed by atoms with Gasteiger partial charge in [0.1, 0.15) is 0 Å². The molecule has 1 aromatic rings. The lowest BCUT2D eigenvalue weighted by molar-refractivity contribution is 0.942. The minimum absolute atomic E-state index is 0.538. The Morgan fingerprint density at radius 3 is 2.80 bits per heavy atom. The topological polar surface area (TPSA) is 0 Å². The Morgan fingerprint density at radius 1 is 1.07 bits per heavy atom. The molecule has 0 nitrogen and oxygen atoms in total. The Morgan fingerprint density at radius 2 is 1.87 bits per heavy atom. The van der Waals surface area contributed by atoms with Gasteiger partial charge in [-0.05, 0) is 17.1 Å². The molecule has 1 heteroatoms. The number of hydrogen-bond acceptors (Lipinski definition) is 0. The van der Waals surface area contributed by atoms with Crippen LogP contribution < -0.4 is 5.46 Å². The standard InChI is InChI=1S/C14H12B/c1-10-6-8-12-11-4-2-3-5-13(11)15-14(12)9-7-10/h2-10H,1H3/t10-/m1/s1. The molecule has 1 aliphatic heterocycles. The van der Waals surface area contributed by atoms with Gasteiger partial charge in [0.15, 0.2) is 7.28 Å². The summed E-state index contributed by atoms with van der Waals surface area (Å²) in [4.78, 5) is 0. The largest absolute Gasteiger partial charge is 0.193 e. The predicted molar refractivity (Wildman–Crippen MR) is 66.2 cm³/mol. The van der Waals surface area contributed by atoms with E-state index in [9.17, 15) is 0 Å². The molecule has 1 atom stereocenters. The summed E-state index contributed by atoms with van der Waals surface area (Å²) in [5.74, 6) is 0.538. The van der Waals surface area contributed by atoms with Gasteiger partial charge < -0.3 is 0 Å². The van der Waals surface area contributed by atoms with Gasteiger partial charge >= 0.3 is 0 Å². The third-order valence-corrected chi connectivity index (χ3v) is 3.02. The number of rotatable bonds is 0. The van der Waals surface area contributed by atoms with Crippen molar-refractivity contribution in [2.75, 3.05) is 0 Å². The molecule has 15 heavy (non-hydrogen) atoms. The maximum Gasteiger partial charge on any atom is 0.193 e. The molecule has 1 aliphatic carbocycles. The lowest BCUT2D eigenvalue weighted by Gasteiger charge is -2.01. The van der Waals surface area contributed by atoms with Crippen molar-refractivity contribution in [1.82, 2.24) is 0 Å². The van der Waals surface area contributed by atoms with Gasteiger partial charge in [-0.15, -0.1) is 0 Å². The van der Waals surface area contributed by atoms with Crippen molar-refractivity contribution in [1.29, 1.82) is 0 Å². The first kappa shape index (κ1) is 8.78. The second-order valence-electron chi connectivity index (χ2n) is 4.18. The van der Waals surface area contributed by atoms with Crippen molar-refractivity contribution in [3.63, 3.8) is 0 Å². The van der Waals surface area contributed by atoms with Gasteiger partial charge in [0, 0.05) is 0 Å². The van der Waals surface area contributed by atoms with E-state index >= 15 is 0 Å². The number of allylic oxidation sites excluding steroid dienone is 6. The van der Waals surface area contributed by atoms with Crippen molar-refractivity contribution >= 4 is 18.3 Å². The fourth-order valence-corrected chi connectivity index (χ4v) is 2.16. The Kier molecular flexibility index (Phi) is 1.91. The molecule has 0 aromatic heterocycles. The summed E-state index contributed by atoms with van der Waals surface area (Å²) in [6.07, 6.45) is 9.00. The average molecular weight is 191 g/mol. The van der Waals surface area contributed by atoms with E-state index in [1.807, 2.05) is 0 Å². The van der Waals surface area contributed by atoms with Gasteiger partial charge in [-0.1, -0.05) is 66.4 Å². The van der Waals surface area contributed by atoms with Crippen LogP contribution >= 0.6 is 0 Å². The summed E-state index contributed by atoms with van der Waals surface area (Å²) in [6, 6.07) is 8.57. The third-order valence-electron chi connectivity index (χ3n) is 3.02. The Hall–Kier alpha value is -1.50. The van der Waals surface area contributed by atoms with Crippen LogP contribution in [0.4, 0.5) is 0 Å². The molecular formula is C14H12B. The molecule has 0 saturated carbocycles. The minimum Gasteiger partial charge on any atom is -0.0784 e. The molecule has 0 bridgehead atoms. The van der Waals surface area contributed by atoms with E-state index in [2.05, 4.69) is 62.8 Å². The lowest BCUT2D eigenvalue weighted by atomic mass is 9.66. The second-order valence-corrected chi connectivity index (χ2v) is 4.18. The van der Waals surface area contributed by atoms with Crippen LogP contribution in [0.1, 0.15) is 12.5 Å². The summed E-state index contributed by atoms with van der Waals surface area (Å²) in [5, 5.41) is 0. The van der Waals surface area contributed by atoms with Gasteiger partial charge in [0.25, 0.3) is 0 Å². The van der Waals surface area contributed by atoms with Crippen LogP contribution in [0.5, 0.6) is 0 Å². The molecule has 0 N–H and O–H groups in total. The van der Waals surface area contributed by atoms with E-state index < -0.39 is 0 Å². The van der Waals surface area contributed by atoms with E-state index in [-0.39, 0.29) is 0 Å². The Balaban J connectivity index is 2.14. The summed E-state index contributed by atoms with van der Waals surface area (Å²) >= 11 is 0.